The van der Waals surface area contributed by atoms with E-state index in [0.717, 1.165) is 0 Å². The van der Waals surface area contributed by atoms with E-state index in [1.165, 1.54) is 36.5 Å². The lowest BCUT2D eigenvalue weighted by molar-refractivity contribution is -0.128. The van der Waals surface area contributed by atoms with E-state index >= 15 is 0 Å². The number of carbonyl (C=O) groups is 1. The van der Waals surface area contributed by atoms with Crippen LogP contribution in [0.1, 0.15) is 11.1 Å². The third-order valence-corrected chi connectivity index (χ3v) is 3.41. The number of nitriles is 1. The van der Waals surface area contributed by atoms with E-state index in [2.05, 4.69) is 4.98 Å². The Bertz CT molecular complexity index is 1030. The van der Waals surface area contributed by atoms with E-state index in [1.807, 2.05) is 6.07 Å². The van der Waals surface area contributed by atoms with Gasteiger partial charge in [-0.2, -0.15) is 5.26 Å². The van der Waals surface area contributed by atoms with Crippen molar-refractivity contribution in [3.8, 4) is 23.3 Å². The van der Waals surface area contributed by atoms with Crippen LogP contribution in [0.3, 0.4) is 0 Å². The highest BCUT2D eigenvalue weighted by atomic mass is 19.1. The largest absolute Gasteiger partial charge is 0.453 e. The number of benzene rings is 2. The average Bonchev–Trinajstić information content (AvgIpc) is 2.69. The first-order valence-electron chi connectivity index (χ1n) is 7.91. The quantitative estimate of drug-likeness (QED) is 0.380. The molecule has 2 aromatic carbocycles. The van der Waals surface area contributed by atoms with Crippen LogP contribution < -0.4 is 9.47 Å². The number of hydrogen-bond donors (Lipinski definition) is 0. The van der Waals surface area contributed by atoms with Crippen LogP contribution in [0.5, 0.6) is 17.2 Å². The van der Waals surface area contributed by atoms with Gasteiger partial charge in [0.15, 0.2) is 11.6 Å². The number of carbonyl (C=O) groups excluding carboxylic acids is 1. The van der Waals surface area contributed by atoms with Crippen LogP contribution in [0.25, 0.3) is 6.08 Å². The van der Waals surface area contributed by atoms with Crippen molar-refractivity contribution >= 4 is 12.0 Å². The fourth-order valence-corrected chi connectivity index (χ4v) is 2.18. The Morgan fingerprint density at radius 2 is 1.96 bits per heavy atom. The fraction of sp³-hybridized carbons (Fsp3) is 0. The third kappa shape index (κ3) is 5.00. The van der Waals surface area contributed by atoms with E-state index in [4.69, 9.17) is 14.7 Å². The second-order valence-corrected chi connectivity index (χ2v) is 5.37. The molecule has 1 aromatic heterocycles. The smallest absolute Gasteiger partial charge is 0.336 e. The van der Waals surface area contributed by atoms with E-state index in [9.17, 15) is 9.18 Å². The molecular weight excluding hydrogens is 347 g/mol. The van der Waals surface area contributed by atoms with Crippen LogP contribution in [0.2, 0.25) is 0 Å². The van der Waals surface area contributed by atoms with Crippen LogP contribution in [-0.4, -0.2) is 11.0 Å². The van der Waals surface area contributed by atoms with Crippen molar-refractivity contribution in [2.45, 2.75) is 0 Å². The minimum atomic E-state index is -0.638. The second kappa shape index (κ2) is 8.41. The molecule has 6 heteroatoms. The number of pyridine rings is 1. The van der Waals surface area contributed by atoms with Gasteiger partial charge in [-0.3, -0.25) is 4.98 Å². The monoisotopic (exact) mass is 360 g/mol. The molecule has 3 aromatic rings. The molecule has 1 heterocycles. The molecule has 0 unspecified atom stereocenters. The zero-order valence-electron chi connectivity index (χ0n) is 14.0. The normalized spacial score (nSPS) is 10.4. The maximum absolute atomic E-state index is 14.2. The van der Waals surface area contributed by atoms with Crippen molar-refractivity contribution in [2.75, 3.05) is 0 Å². The van der Waals surface area contributed by atoms with Gasteiger partial charge in [0.25, 0.3) is 0 Å². The molecule has 0 saturated carbocycles. The third-order valence-electron chi connectivity index (χ3n) is 3.41. The Morgan fingerprint density at radius 3 is 2.70 bits per heavy atom. The molecule has 0 fully saturated rings. The number of ether oxygens (including phenoxy) is 2. The highest BCUT2D eigenvalue weighted by molar-refractivity contribution is 5.88. The van der Waals surface area contributed by atoms with Crippen molar-refractivity contribution in [3.05, 3.63) is 90.0 Å². The minimum Gasteiger partial charge on any atom is -0.453 e. The predicted octanol–water partition coefficient (Wildman–Crippen LogP) is 4.50. The first-order chi connectivity index (χ1) is 13.1. The second-order valence-electron chi connectivity index (χ2n) is 5.37. The van der Waals surface area contributed by atoms with E-state index in [-0.39, 0.29) is 11.5 Å². The number of halogens is 1. The summed E-state index contributed by atoms with van der Waals surface area (Å²) in [5, 5.41) is 8.84. The lowest BCUT2D eigenvalue weighted by atomic mass is 10.2. The lowest BCUT2D eigenvalue weighted by Crippen LogP contribution is -2.03. The molecule has 0 aliphatic heterocycles. The van der Waals surface area contributed by atoms with E-state index < -0.39 is 11.8 Å². The van der Waals surface area contributed by atoms with Gasteiger partial charge < -0.3 is 9.47 Å². The van der Waals surface area contributed by atoms with Gasteiger partial charge in [-0.15, -0.1) is 0 Å². The molecule has 5 nitrogen and oxygen atoms in total. The number of rotatable bonds is 5. The molecule has 0 radical (unpaired) electrons. The Labute approximate surface area is 154 Å². The average molecular weight is 360 g/mol. The Kier molecular flexibility index (Phi) is 5.55. The fourth-order valence-electron chi connectivity index (χ4n) is 2.18. The van der Waals surface area contributed by atoms with Crippen molar-refractivity contribution in [1.82, 2.24) is 4.98 Å². The van der Waals surface area contributed by atoms with Crippen molar-refractivity contribution in [3.63, 3.8) is 0 Å². The summed E-state index contributed by atoms with van der Waals surface area (Å²) in [5.41, 5.74) is 0.851. The molecule has 0 N–H and O–H groups in total. The summed E-state index contributed by atoms with van der Waals surface area (Å²) < 4.78 is 24.7. The Balaban J connectivity index is 1.65. The summed E-state index contributed by atoms with van der Waals surface area (Å²) in [7, 11) is 0. The number of aromatic nitrogens is 1. The standard InChI is InChI=1S/C21H13FN2O3/c22-19-12-15(6-8-20(19)26-18-5-2-10-24-14-18)7-9-21(25)27-17-4-1-3-16(11-17)13-23/h1-12,14H/b9-7+. The summed E-state index contributed by atoms with van der Waals surface area (Å²) in [6.45, 7) is 0. The first kappa shape index (κ1) is 17.8. The number of hydrogen-bond acceptors (Lipinski definition) is 5. The van der Waals surface area contributed by atoms with Crippen LogP contribution in [0.15, 0.2) is 73.1 Å². The molecular formula is C21H13FN2O3. The van der Waals surface area contributed by atoms with E-state index in [0.29, 0.717) is 16.9 Å². The molecule has 0 atom stereocenters. The van der Waals surface area contributed by atoms with Crippen LogP contribution >= 0.6 is 0 Å². The molecule has 0 aliphatic rings. The Hall–Kier alpha value is -3.98. The SMILES string of the molecule is N#Cc1cccc(OC(=O)/C=C/c2ccc(Oc3cccnc3)c(F)c2)c1. The topological polar surface area (TPSA) is 72.2 Å². The van der Waals surface area contributed by atoms with Gasteiger partial charge in [0, 0.05) is 12.3 Å². The van der Waals surface area contributed by atoms with Crippen molar-refractivity contribution in [2.24, 2.45) is 0 Å². The maximum atomic E-state index is 14.2. The lowest BCUT2D eigenvalue weighted by Gasteiger charge is -2.06. The van der Waals surface area contributed by atoms with E-state index in [1.54, 1.807) is 42.6 Å². The van der Waals surface area contributed by atoms with Crippen molar-refractivity contribution in [1.29, 1.82) is 5.26 Å². The van der Waals surface area contributed by atoms with Gasteiger partial charge in [0.1, 0.15) is 11.5 Å². The molecule has 3 rings (SSSR count). The van der Waals surface area contributed by atoms with Crippen LogP contribution in [-0.2, 0) is 4.79 Å². The molecule has 27 heavy (non-hydrogen) atoms. The van der Waals surface area contributed by atoms with Gasteiger partial charge >= 0.3 is 5.97 Å². The number of esters is 1. The summed E-state index contributed by atoms with van der Waals surface area (Å²) in [6, 6.07) is 15.9. The van der Waals surface area contributed by atoms with Crippen molar-refractivity contribution < 1.29 is 18.7 Å². The Morgan fingerprint density at radius 1 is 1.11 bits per heavy atom. The zero-order chi connectivity index (χ0) is 19.1. The summed E-state index contributed by atoms with van der Waals surface area (Å²) >= 11 is 0. The first-order valence-corrected chi connectivity index (χ1v) is 7.91. The van der Waals surface area contributed by atoms with Gasteiger partial charge in [0.2, 0.25) is 0 Å². The van der Waals surface area contributed by atoms with Crippen LogP contribution in [0, 0.1) is 17.1 Å². The summed E-state index contributed by atoms with van der Waals surface area (Å²) in [6.07, 6.45) is 5.67. The molecule has 0 bridgehead atoms. The van der Waals surface area contributed by atoms with Crippen LogP contribution in [0.4, 0.5) is 4.39 Å². The number of nitrogens with zero attached hydrogens (tertiary/aromatic N) is 2. The summed E-state index contributed by atoms with van der Waals surface area (Å²) in [4.78, 5) is 15.8. The molecule has 0 saturated heterocycles. The van der Waals surface area contributed by atoms with Gasteiger partial charge in [-0.1, -0.05) is 12.1 Å². The molecule has 0 aliphatic carbocycles. The maximum Gasteiger partial charge on any atom is 0.336 e. The highest BCUT2D eigenvalue weighted by Crippen LogP contribution is 2.25. The minimum absolute atomic E-state index is 0.0519. The van der Waals surface area contributed by atoms with Gasteiger partial charge in [-0.05, 0) is 54.1 Å². The molecule has 0 amide bonds. The predicted molar refractivity (Wildman–Crippen MR) is 96.5 cm³/mol. The molecule has 0 spiro atoms. The highest BCUT2D eigenvalue weighted by Gasteiger charge is 2.06. The summed E-state index contributed by atoms with van der Waals surface area (Å²) in [5.74, 6) is -0.480. The van der Waals surface area contributed by atoms with Gasteiger partial charge in [0.05, 0.1) is 17.8 Å². The van der Waals surface area contributed by atoms with Gasteiger partial charge in [-0.25, -0.2) is 9.18 Å². The zero-order valence-corrected chi connectivity index (χ0v) is 14.0. The molecule has 132 valence electrons.